The fraction of sp³-hybridized carbons (Fsp3) is 0.436. The van der Waals surface area contributed by atoms with Gasteiger partial charge < -0.3 is 39.7 Å². The Morgan fingerprint density at radius 2 is 1.87 bits per heavy atom. The van der Waals surface area contributed by atoms with Gasteiger partial charge in [0.25, 0.3) is 0 Å². The van der Waals surface area contributed by atoms with Crippen LogP contribution >= 0.6 is 0 Å². The van der Waals surface area contributed by atoms with Crippen molar-refractivity contribution in [3.63, 3.8) is 0 Å². The van der Waals surface area contributed by atoms with E-state index in [1.54, 1.807) is 13.8 Å². The van der Waals surface area contributed by atoms with E-state index in [9.17, 15) is 19.5 Å². The predicted octanol–water partition coefficient (Wildman–Crippen LogP) is 5.47. The predicted molar refractivity (Wildman–Crippen MR) is 194 cm³/mol. The number of carbonyl (C=O) groups is 3. The van der Waals surface area contributed by atoms with Gasteiger partial charge >= 0.3 is 6.09 Å². The molecule has 0 saturated carbocycles. The third kappa shape index (κ3) is 6.38. The average Bonchev–Trinajstić information content (AvgIpc) is 3.79. The number of fused-ring (bicyclic) bond motifs is 2. The molecule has 0 radical (unpaired) electrons. The first-order valence-corrected chi connectivity index (χ1v) is 17.7. The first-order valence-electron chi connectivity index (χ1n) is 17.7. The topological polar surface area (TPSA) is 173 Å². The molecule has 13 nitrogen and oxygen atoms in total. The molecule has 3 aliphatic rings. The second-order valence-corrected chi connectivity index (χ2v) is 14.3. The van der Waals surface area contributed by atoms with E-state index in [0.717, 1.165) is 22.4 Å². The number of benzene rings is 2. The molecule has 3 amide bonds. The minimum Gasteiger partial charge on any atom is -0.469 e. The summed E-state index contributed by atoms with van der Waals surface area (Å²) in [5.74, 6) is -0.173. The number of allylic oxidation sites excluding steroid dienone is 1. The van der Waals surface area contributed by atoms with E-state index in [1.807, 2.05) is 70.2 Å². The third-order valence-corrected chi connectivity index (χ3v) is 10.1. The highest BCUT2D eigenvalue weighted by Gasteiger charge is 2.61. The first-order chi connectivity index (χ1) is 24.8. The molecule has 6 unspecified atom stereocenters. The number of nitrogens with zero attached hydrogens (tertiary/aromatic N) is 1. The summed E-state index contributed by atoms with van der Waals surface area (Å²) in [6.45, 7) is 15.8. The molecule has 0 fully saturated rings. The van der Waals surface area contributed by atoms with Gasteiger partial charge in [-0.15, -0.1) is 0 Å². The van der Waals surface area contributed by atoms with Crippen LogP contribution in [-0.4, -0.2) is 59.5 Å². The zero-order valence-corrected chi connectivity index (χ0v) is 30.5. The molecular formula is C39H47N5O8. The largest absolute Gasteiger partial charge is 0.469 e. The van der Waals surface area contributed by atoms with E-state index < -0.39 is 47.7 Å². The Labute approximate surface area is 303 Å². The Hall–Kier alpha value is -5.30. The molecular weight excluding hydrogens is 666 g/mol. The molecule has 13 heteroatoms. The van der Waals surface area contributed by atoms with E-state index in [2.05, 4.69) is 32.8 Å². The standard InChI is InChI=1S/C39H47N5O8/c1-9-21(6)30(36-42-29(18-50-36)43-38(48)49-8)33-39-24-12-10-11-13-26(24)41-37(39)52-28-15-14-23(16-25(28)39)17-27(40-35(47)32(45)20(4)5)34(46)44-31(19(2)3)22(7)51-33/h10-16,18-21,27,31-32,37,41,45H,7,9,17H2,1-6,8H3,(H,40,47)(H,43,48)(H,44,46). The number of carbonyl (C=O) groups excluding carboxylic acids is 3. The van der Waals surface area contributed by atoms with Crippen molar-refractivity contribution in [3.05, 3.63) is 89.4 Å². The van der Waals surface area contributed by atoms with Crippen LogP contribution in [0.1, 0.15) is 70.5 Å². The van der Waals surface area contributed by atoms with Gasteiger partial charge in [0.05, 0.1) is 18.7 Å². The van der Waals surface area contributed by atoms with Crippen molar-refractivity contribution in [2.24, 2.45) is 17.8 Å². The Morgan fingerprint density at radius 3 is 2.56 bits per heavy atom. The number of aromatic nitrogens is 1. The highest BCUT2D eigenvalue weighted by atomic mass is 16.5. The maximum Gasteiger partial charge on any atom is 0.412 e. The highest BCUT2D eigenvalue weighted by Crippen LogP contribution is 2.60. The second kappa shape index (κ2) is 14.4. The third-order valence-electron chi connectivity index (χ3n) is 10.1. The normalized spacial score (nSPS) is 24.2. The number of nitrogens with one attached hydrogen (secondary N) is 4. The van der Waals surface area contributed by atoms with Crippen LogP contribution in [-0.2, 0) is 30.9 Å². The summed E-state index contributed by atoms with van der Waals surface area (Å²) in [4.78, 5) is 44.0. The van der Waals surface area contributed by atoms with Crippen LogP contribution in [0.15, 0.2) is 71.2 Å². The maximum absolute atomic E-state index is 14.1. The van der Waals surface area contributed by atoms with Gasteiger partial charge in [-0.05, 0) is 47.4 Å². The van der Waals surface area contributed by atoms with Crippen molar-refractivity contribution in [2.75, 3.05) is 17.7 Å². The fourth-order valence-corrected chi connectivity index (χ4v) is 7.12. The second-order valence-electron chi connectivity index (χ2n) is 14.3. The molecule has 1 aromatic heterocycles. The number of ether oxygens (including phenoxy) is 3. The van der Waals surface area contributed by atoms with Crippen molar-refractivity contribution in [2.45, 2.75) is 84.2 Å². The van der Waals surface area contributed by atoms with Crippen molar-refractivity contribution < 1.29 is 38.1 Å². The number of rotatable bonds is 8. The van der Waals surface area contributed by atoms with Crippen LogP contribution in [0.2, 0.25) is 0 Å². The minimum atomic E-state index is -1.29. The number of oxazole rings is 1. The maximum atomic E-state index is 14.1. The van der Waals surface area contributed by atoms with Crippen LogP contribution in [0.4, 0.5) is 16.3 Å². The van der Waals surface area contributed by atoms with Gasteiger partial charge in [0.1, 0.15) is 41.1 Å². The van der Waals surface area contributed by atoms with Crippen LogP contribution in [0.3, 0.4) is 0 Å². The molecule has 52 heavy (non-hydrogen) atoms. The number of anilines is 2. The fourth-order valence-electron chi connectivity index (χ4n) is 7.12. The SMILES string of the molecule is C=C1OC(=C(c2nc(NC(=O)OC)co2)C(C)CC)C23c4ccccc4NC2Oc2ccc(cc23)CC(NC(=O)C(O)C(C)C)C(=O)NC1C(C)C. The zero-order valence-electron chi connectivity index (χ0n) is 30.5. The van der Waals surface area contributed by atoms with Gasteiger partial charge in [-0.25, -0.2) is 4.79 Å². The molecule has 0 saturated heterocycles. The number of methoxy groups -OCH3 is 1. The lowest BCUT2D eigenvalue weighted by atomic mass is 9.71. The molecule has 0 aliphatic carbocycles. The summed E-state index contributed by atoms with van der Waals surface area (Å²) < 4.78 is 24.7. The number of hydrogen-bond donors (Lipinski definition) is 5. The van der Waals surface area contributed by atoms with Crippen LogP contribution in [0, 0.1) is 17.8 Å². The summed E-state index contributed by atoms with van der Waals surface area (Å²) in [6.07, 6.45) is -0.537. The van der Waals surface area contributed by atoms with Gasteiger partial charge in [0.15, 0.2) is 12.0 Å². The number of para-hydroxylation sites is 1. The van der Waals surface area contributed by atoms with Crippen LogP contribution in [0.25, 0.3) is 5.57 Å². The average molecular weight is 714 g/mol. The van der Waals surface area contributed by atoms with Gasteiger partial charge in [0, 0.05) is 17.7 Å². The van der Waals surface area contributed by atoms with Crippen molar-refractivity contribution in [1.82, 2.24) is 15.6 Å². The molecule has 4 heterocycles. The van der Waals surface area contributed by atoms with E-state index in [4.69, 9.17) is 18.6 Å². The molecule has 2 bridgehead atoms. The summed E-state index contributed by atoms with van der Waals surface area (Å²) in [6, 6.07) is 11.9. The molecule has 3 aliphatic heterocycles. The quantitative estimate of drug-likeness (QED) is 0.202. The Bertz CT molecular complexity index is 1920. The number of amides is 3. The lowest BCUT2D eigenvalue weighted by molar-refractivity contribution is -0.135. The smallest absolute Gasteiger partial charge is 0.412 e. The van der Waals surface area contributed by atoms with Crippen molar-refractivity contribution in [1.29, 1.82) is 0 Å². The Morgan fingerprint density at radius 1 is 1.12 bits per heavy atom. The number of aliphatic hydroxyl groups is 1. The molecule has 5 N–H and O–H groups in total. The highest BCUT2D eigenvalue weighted by molar-refractivity contribution is 5.90. The first kappa shape index (κ1) is 36.5. The summed E-state index contributed by atoms with van der Waals surface area (Å²) >= 11 is 0. The summed E-state index contributed by atoms with van der Waals surface area (Å²) in [5.41, 5.74) is 2.73. The van der Waals surface area contributed by atoms with Crippen LogP contribution in [0.5, 0.6) is 5.75 Å². The van der Waals surface area contributed by atoms with Gasteiger partial charge in [-0.3, -0.25) is 14.9 Å². The van der Waals surface area contributed by atoms with E-state index in [1.165, 1.54) is 13.4 Å². The number of aliphatic hydroxyl groups excluding tert-OH is 1. The molecule has 276 valence electrons. The molecule has 1 spiro atoms. The Balaban J connectivity index is 1.64. The minimum absolute atomic E-state index is 0.128. The molecule has 6 rings (SSSR count). The van der Waals surface area contributed by atoms with Crippen molar-refractivity contribution in [3.8, 4) is 5.75 Å². The zero-order chi connectivity index (χ0) is 37.5. The molecule has 2 aromatic carbocycles. The lowest BCUT2D eigenvalue weighted by Gasteiger charge is -2.37. The molecule has 3 aromatic rings. The summed E-state index contributed by atoms with van der Waals surface area (Å²) in [7, 11) is 1.26. The van der Waals surface area contributed by atoms with E-state index in [0.29, 0.717) is 23.5 Å². The van der Waals surface area contributed by atoms with Crippen LogP contribution < -0.4 is 26.0 Å². The van der Waals surface area contributed by atoms with Gasteiger partial charge in [0.2, 0.25) is 17.7 Å². The lowest BCUT2D eigenvalue weighted by Crippen LogP contribution is -2.54. The Kier molecular flexibility index (Phi) is 10.1. The van der Waals surface area contributed by atoms with Crippen molar-refractivity contribution >= 4 is 35.0 Å². The van der Waals surface area contributed by atoms with Gasteiger partial charge in [-0.1, -0.05) is 78.5 Å². The molecule has 6 atom stereocenters. The van der Waals surface area contributed by atoms with Gasteiger partial charge in [-0.2, -0.15) is 4.98 Å². The van der Waals surface area contributed by atoms with E-state index >= 15 is 0 Å². The van der Waals surface area contributed by atoms with E-state index in [-0.39, 0.29) is 41.6 Å². The summed E-state index contributed by atoms with van der Waals surface area (Å²) in [5, 5.41) is 22.6. The monoisotopic (exact) mass is 713 g/mol. The number of hydrogen-bond acceptors (Lipinski definition) is 10.